The van der Waals surface area contributed by atoms with Crippen LogP contribution >= 0.6 is 0 Å². The number of rotatable bonds is 5. The van der Waals surface area contributed by atoms with Gasteiger partial charge in [0.1, 0.15) is 0 Å². The first-order valence-corrected chi connectivity index (χ1v) is 8.77. The number of sulfone groups is 1. The smallest absolute Gasteiger partial charge is 0.178 e. The second-order valence-electron chi connectivity index (χ2n) is 5.41. The van der Waals surface area contributed by atoms with Gasteiger partial charge in [0.2, 0.25) is 0 Å². The van der Waals surface area contributed by atoms with Crippen molar-refractivity contribution in [3.8, 4) is 0 Å². The van der Waals surface area contributed by atoms with Crippen LogP contribution in [0.25, 0.3) is 0 Å². The summed E-state index contributed by atoms with van der Waals surface area (Å²) in [6.07, 6.45) is 5.28. The number of benzene rings is 1. The number of anilines is 1. The zero-order valence-electron chi connectivity index (χ0n) is 11.7. The summed E-state index contributed by atoms with van der Waals surface area (Å²) in [6, 6.07) is 7.59. The van der Waals surface area contributed by atoms with E-state index < -0.39 is 9.84 Å². The molecule has 0 saturated heterocycles. The summed E-state index contributed by atoms with van der Waals surface area (Å²) in [7, 11) is -3.09. The van der Waals surface area contributed by atoms with Crippen LogP contribution in [-0.4, -0.2) is 20.2 Å². The Hall–Kier alpha value is -1.03. The lowest BCUT2D eigenvalue weighted by Gasteiger charge is -2.21. The number of hydrogen-bond donors (Lipinski definition) is 1. The van der Waals surface area contributed by atoms with Crippen LogP contribution in [-0.2, 0) is 9.84 Å². The number of nitrogens with one attached hydrogen (secondary N) is 1. The lowest BCUT2D eigenvalue weighted by Crippen LogP contribution is -2.23. The highest BCUT2D eigenvalue weighted by atomic mass is 32.2. The first-order chi connectivity index (χ1) is 9.03. The molecule has 1 aliphatic carbocycles. The average Bonchev–Trinajstić information content (AvgIpc) is 2.93. The Morgan fingerprint density at radius 1 is 1.21 bits per heavy atom. The Bertz CT molecular complexity index is 501. The van der Waals surface area contributed by atoms with Crippen molar-refractivity contribution in [2.24, 2.45) is 5.92 Å². The molecule has 19 heavy (non-hydrogen) atoms. The fraction of sp³-hybridized carbons (Fsp3) is 0.600. The van der Waals surface area contributed by atoms with E-state index in [-0.39, 0.29) is 5.75 Å². The van der Waals surface area contributed by atoms with Crippen LogP contribution in [0.15, 0.2) is 29.2 Å². The zero-order chi connectivity index (χ0) is 13.9. The summed E-state index contributed by atoms with van der Waals surface area (Å²) >= 11 is 0. The van der Waals surface area contributed by atoms with Crippen LogP contribution in [0.2, 0.25) is 0 Å². The molecule has 3 nitrogen and oxygen atoms in total. The third-order valence-electron chi connectivity index (χ3n) is 4.09. The lowest BCUT2D eigenvalue weighted by atomic mass is 9.99. The minimum Gasteiger partial charge on any atom is -0.382 e. The largest absolute Gasteiger partial charge is 0.382 e. The summed E-state index contributed by atoms with van der Waals surface area (Å²) in [4.78, 5) is 0.411. The molecule has 0 bridgehead atoms. The molecule has 1 N–H and O–H groups in total. The standard InChI is InChI=1S/C15H23NO2S/c1-3-19(17,18)15-10-8-14(9-11-15)16-12(2)13-6-4-5-7-13/h8-13,16H,3-7H2,1-2H3. The van der Waals surface area contributed by atoms with Gasteiger partial charge in [0.25, 0.3) is 0 Å². The molecule has 0 aliphatic heterocycles. The van der Waals surface area contributed by atoms with Crippen LogP contribution in [0.1, 0.15) is 39.5 Å². The molecule has 2 rings (SSSR count). The van der Waals surface area contributed by atoms with Crippen molar-refractivity contribution in [3.63, 3.8) is 0 Å². The van der Waals surface area contributed by atoms with E-state index in [1.807, 2.05) is 12.1 Å². The molecular formula is C15H23NO2S. The minimum atomic E-state index is -3.09. The highest BCUT2D eigenvalue weighted by Crippen LogP contribution is 2.29. The van der Waals surface area contributed by atoms with Crippen molar-refractivity contribution < 1.29 is 8.42 Å². The van der Waals surface area contributed by atoms with Gasteiger partial charge in [0.15, 0.2) is 9.84 Å². The number of hydrogen-bond acceptors (Lipinski definition) is 3. The monoisotopic (exact) mass is 281 g/mol. The Morgan fingerprint density at radius 2 is 1.79 bits per heavy atom. The highest BCUT2D eigenvalue weighted by molar-refractivity contribution is 7.91. The summed E-state index contributed by atoms with van der Waals surface area (Å²) in [6.45, 7) is 3.89. The van der Waals surface area contributed by atoms with Gasteiger partial charge in [-0.3, -0.25) is 0 Å². The van der Waals surface area contributed by atoms with E-state index in [2.05, 4.69) is 12.2 Å². The van der Waals surface area contributed by atoms with E-state index >= 15 is 0 Å². The first-order valence-electron chi connectivity index (χ1n) is 7.12. The molecule has 1 aromatic rings. The van der Waals surface area contributed by atoms with E-state index in [0.29, 0.717) is 10.9 Å². The Labute approximate surface area is 116 Å². The molecule has 4 heteroatoms. The van der Waals surface area contributed by atoms with Crippen molar-refractivity contribution in [1.82, 2.24) is 0 Å². The molecule has 0 amide bonds. The predicted octanol–water partition coefficient (Wildman–Crippen LogP) is 3.47. The van der Waals surface area contributed by atoms with Gasteiger partial charge in [0, 0.05) is 11.7 Å². The molecule has 0 spiro atoms. The quantitative estimate of drug-likeness (QED) is 0.899. The van der Waals surface area contributed by atoms with Crippen molar-refractivity contribution in [1.29, 1.82) is 0 Å². The van der Waals surface area contributed by atoms with Gasteiger partial charge in [0.05, 0.1) is 10.6 Å². The maximum Gasteiger partial charge on any atom is 0.178 e. The van der Waals surface area contributed by atoms with Gasteiger partial charge in [-0.05, 0) is 49.9 Å². The van der Waals surface area contributed by atoms with E-state index in [0.717, 1.165) is 11.6 Å². The molecule has 1 atom stereocenters. The molecule has 106 valence electrons. The maximum atomic E-state index is 11.7. The van der Waals surface area contributed by atoms with Crippen LogP contribution in [0.4, 0.5) is 5.69 Å². The van der Waals surface area contributed by atoms with Gasteiger partial charge >= 0.3 is 0 Å². The predicted molar refractivity (Wildman–Crippen MR) is 79.2 cm³/mol. The summed E-state index contributed by atoms with van der Waals surface area (Å²) < 4.78 is 23.4. The molecule has 1 saturated carbocycles. The second kappa shape index (κ2) is 5.95. The van der Waals surface area contributed by atoms with Gasteiger partial charge in [-0.25, -0.2) is 8.42 Å². The van der Waals surface area contributed by atoms with Crippen LogP contribution in [0.3, 0.4) is 0 Å². The SMILES string of the molecule is CCS(=O)(=O)c1ccc(NC(C)C2CCCC2)cc1. The molecule has 1 aliphatic rings. The van der Waals surface area contributed by atoms with Crippen molar-refractivity contribution in [3.05, 3.63) is 24.3 Å². The van der Waals surface area contributed by atoms with Crippen molar-refractivity contribution >= 4 is 15.5 Å². The Balaban J connectivity index is 2.02. The van der Waals surface area contributed by atoms with E-state index in [1.165, 1.54) is 25.7 Å². The minimum absolute atomic E-state index is 0.151. The summed E-state index contributed by atoms with van der Waals surface area (Å²) in [5.74, 6) is 0.900. The molecule has 0 radical (unpaired) electrons. The molecule has 1 unspecified atom stereocenters. The van der Waals surface area contributed by atoms with E-state index in [4.69, 9.17) is 0 Å². The average molecular weight is 281 g/mol. The van der Waals surface area contributed by atoms with Gasteiger partial charge in [-0.1, -0.05) is 19.8 Å². The normalized spacial score (nSPS) is 18.4. The summed E-state index contributed by atoms with van der Waals surface area (Å²) in [5, 5.41) is 3.49. The van der Waals surface area contributed by atoms with E-state index in [9.17, 15) is 8.42 Å². The van der Waals surface area contributed by atoms with Crippen LogP contribution in [0.5, 0.6) is 0 Å². The topological polar surface area (TPSA) is 46.2 Å². The molecule has 0 aromatic heterocycles. The third kappa shape index (κ3) is 3.50. The van der Waals surface area contributed by atoms with Crippen molar-refractivity contribution in [2.75, 3.05) is 11.1 Å². The molecular weight excluding hydrogens is 258 g/mol. The maximum absolute atomic E-state index is 11.7. The summed E-state index contributed by atoms with van der Waals surface area (Å²) in [5.41, 5.74) is 1.01. The zero-order valence-corrected chi connectivity index (χ0v) is 12.5. The highest BCUT2D eigenvalue weighted by Gasteiger charge is 2.21. The second-order valence-corrected chi connectivity index (χ2v) is 7.68. The first kappa shape index (κ1) is 14.4. The third-order valence-corrected chi connectivity index (χ3v) is 5.85. The Kier molecular flexibility index (Phi) is 4.50. The lowest BCUT2D eigenvalue weighted by molar-refractivity contribution is 0.482. The molecule has 1 aromatic carbocycles. The van der Waals surface area contributed by atoms with Crippen LogP contribution < -0.4 is 5.32 Å². The van der Waals surface area contributed by atoms with Crippen LogP contribution in [0, 0.1) is 5.92 Å². The van der Waals surface area contributed by atoms with Gasteiger partial charge in [-0.2, -0.15) is 0 Å². The van der Waals surface area contributed by atoms with Crippen molar-refractivity contribution in [2.45, 2.75) is 50.5 Å². The van der Waals surface area contributed by atoms with E-state index in [1.54, 1.807) is 19.1 Å². The fourth-order valence-electron chi connectivity index (χ4n) is 2.76. The molecule has 1 fully saturated rings. The molecule has 0 heterocycles. The Morgan fingerprint density at radius 3 is 2.32 bits per heavy atom. The van der Waals surface area contributed by atoms with Gasteiger partial charge < -0.3 is 5.32 Å². The fourth-order valence-corrected chi connectivity index (χ4v) is 3.65. The van der Waals surface area contributed by atoms with Gasteiger partial charge in [-0.15, -0.1) is 0 Å².